The van der Waals surface area contributed by atoms with Crippen molar-refractivity contribution in [3.05, 3.63) is 94.0 Å². The summed E-state index contributed by atoms with van der Waals surface area (Å²) < 4.78 is 11.9. The van der Waals surface area contributed by atoms with Gasteiger partial charge in [0.05, 0.1) is 0 Å². The molecule has 0 unspecified atom stereocenters. The third-order valence-corrected chi connectivity index (χ3v) is 5.86. The minimum absolute atomic E-state index is 0.641. The number of ether oxygens (including phenoxy) is 2. The second-order valence-corrected chi connectivity index (χ2v) is 8.56. The molecule has 30 heavy (non-hydrogen) atoms. The molecular formula is C26H28N2O2. The predicted molar refractivity (Wildman–Crippen MR) is 118 cm³/mol. The van der Waals surface area contributed by atoms with Crippen LogP contribution in [0.3, 0.4) is 0 Å². The maximum atomic E-state index is 5.93. The topological polar surface area (TPSA) is 24.9 Å². The van der Waals surface area contributed by atoms with Crippen LogP contribution in [0, 0.1) is 13.8 Å². The van der Waals surface area contributed by atoms with Crippen molar-refractivity contribution in [2.45, 2.75) is 40.0 Å². The largest absolute Gasteiger partial charge is 0.478 e. The second kappa shape index (κ2) is 8.13. The van der Waals surface area contributed by atoms with Gasteiger partial charge in [-0.15, -0.1) is 0 Å². The van der Waals surface area contributed by atoms with Gasteiger partial charge in [-0.05, 0) is 37.1 Å². The van der Waals surface area contributed by atoms with E-state index >= 15 is 0 Å². The van der Waals surface area contributed by atoms with E-state index in [0.717, 1.165) is 37.7 Å². The van der Waals surface area contributed by atoms with Crippen LogP contribution in [0.4, 0.5) is 0 Å². The first-order valence-corrected chi connectivity index (χ1v) is 10.6. The Kier molecular flexibility index (Phi) is 5.19. The molecule has 0 radical (unpaired) electrons. The predicted octanol–water partition coefficient (Wildman–Crippen LogP) is 5.01. The quantitative estimate of drug-likeness (QED) is 0.615. The molecular weight excluding hydrogens is 372 g/mol. The van der Waals surface area contributed by atoms with E-state index in [-0.39, 0.29) is 0 Å². The summed E-state index contributed by atoms with van der Waals surface area (Å²) in [5.74, 6) is 2.04. The average molecular weight is 401 g/mol. The van der Waals surface area contributed by atoms with Crippen LogP contribution in [0.5, 0.6) is 11.5 Å². The molecule has 154 valence electrons. The number of hydrogen-bond donors (Lipinski definition) is 0. The number of rotatable bonds is 4. The van der Waals surface area contributed by atoms with Gasteiger partial charge in [0.25, 0.3) is 0 Å². The van der Waals surface area contributed by atoms with Crippen LogP contribution in [0.15, 0.2) is 60.7 Å². The number of fused-ring (bicyclic) bond motifs is 2. The van der Waals surface area contributed by atoms with E-state index in [1.165, 1.54) is 33.4 Å². The highest BCUT2D eigenvalue weighted by atomic mass is 16.5. The van der Waals surface area contributed by atoms with Gasteiger partial charge in [0.2, 0.25) is 0 Å². The minimum atomic E-state index is 0.641. The molecule has 0 amide bonds. The molecule has 4 nitrogen and oxygen atoms in total. The van der Waals surface area contributed by atoms with Gasteiger partial charge in [0.15, 0.2) is 0 Å². The first-order chi connectivity index (χ1) is 14.6. The van der Waals surface area contributed by atoms with Crippen molar-refractivity contribution in [2.75, 3.05) is 13.5 Å². The van der Waals surface area contributed by atoms with E-state index in [9.17, 15) is 0 Å². The SMILES string of the molecule is Cc1ccc2c(c1)CN(Cc1ccc(CN3COc4ccc(C)cc4C3)cc1)CO2. The Bertz CT molecular complexity index is 961. The second-order valence-electron chi connectivity index (χ2n) is 8.56. The van der Waals surface area contributed by atoms with E-state index in [1.807, 2.05) is 0 Å². The molecule has 0 atom stereocenters. The van der Waals surface area contributed by atoms with Crippen LogP contribution >= 0.6 is 0 Å². The molecule has 2 heterocycles. The highest BCUT2D eigenvalue weighted by Gasteiger charge is 2.19. The molecule has 4 heteroatoms. The average Bonchev–Trinajstić information content (AvgIpc) is 2.74. The maximum Gasteiger partial charge on any atom is 0.142 e. The van der Waals surface area contributed by atoms with Crippen LogP contribution < -0.4 is 9.47 Å². The Balaban J connectivity index is 1.19. The lowest BCUT2D eigenvalue weighted by atomic mass is 10.1. The minimum Gasteiger partial charge on any atom is -0.478 e. The molecule has 0 aliphatic carbocycles. The van der Waals surface area contributed by atoms with Crippen molar-refractivity contribution in [1.82, 2.24) is 9.80 Å². The van der Waals surface area contributed by atoms with Crippen molar-refractivity contribution in [3.8, 4) is 11.5 Å². The van der Waals surface area contributed by atoms with Gasteiger partial charge in [-0.2, -0.15) is 0 Å². The van der Waals surface area contributed by atoms with Gasteiger partial charge in [-0.3, -0.25) is 9.80 Å². The number of nitrogens with zero attached hydrogens (tertiary/aromatic N) is 2. The zero-order valence-electron chi connectivity index (χ0n) is 17.7. The summed E-state index contributed by atoms with van der Waals surface area (Å²) >= 11 is 0. The summed E-state index contributed by atoms with van der Waals surface area (Å²) in [6, 6.07) is 21.8. The van der Waals surface area contributed by atoms with Gasteiger partial charge in [0.1, 0.15) is 25.0 Å². The molecule has 3 aromatic carbocycles. The lowest BCUT2D eigenvalue weighted by Gasteiger charge is -2.30. The van der Waals surface area contributed by atoms with E-state index < -0.39 is 0 Å². The summed E-state index contributed by atoms with van der Waals surface area (Å²) in [6.45, 7) is 9.20. The molecule has 5 rings (SSSR count). The summed E-state index contributed by atoms with van der Waals surface area (Å²) in [6.07, 6.45) is 0. The normalized spacial score (nSPS) is 16.3. The molecule has 0 fully saturated rings. The smallest absolute Gasteiger partial charge is 0.142 e. The van der Waals surface area contributed by atoms with Gasteiger partial charge in [-0.25, -0.2) is 0 Å². The molecule has 0 saturated heterocycles. The highest BCUT2D eigenvalue weighted by Crippen LogP contribution is 2.28. The molecule has 0 aromatic heterocycles. The van der Waals surface area contributed by atoms with Crippen molar-refractivity contribution >= 4 is 0 Å². The zero-order valence-corrected chi connectivity index (χ0v) is 17.7. The monoisotopic (exact) mass is 400 g/mol. The molecule has 0 saturated carbocycles. The molecule has 2 aliphatic heterocycles. The lowest BCUT2D eigenvalue weighted by Crippen LogP contribution is -2.32. The Morgan fingerprint density at radius 1 is 0.633 bits per heavy atom. The summed E-state index contributed by atoms with van der Waals surface area (Å²) in [5.41, 5.74) is 7.74. The summed E-state index contributed by atoms with van der Waals surface area (Å²) in [5, 5.41) is 0. The van der Waals surface area contributed by atoms with Gasteiger partial charge in [-0.1, -0.05) is 59.7 Å². The van der Waals surface area contributed by atoms with Crippen LogP contribution in [0.2, 0.25) is 0 Å². The number of aryl methyl sites for hydroxylation is 2. The summed E-state index contributed by atoms with van der Waals surface area (Å²) in [4.78, 5) is 4.68. The third kappa shape index (κ3) is 4.20. The van der Waals surface area contributed by atoms with Gasteiger partial charge < -0.3 is 9.47 Å². The first kappa shape index (κ1) is 19.2. The van der Waals surface area contributed by atoms with Gasteiger partial charge in [0, 0.05) is 37.3 Å². The Morgan fingerprint density at radius 3 is 1.50 bits per heavy atom. The lowest BCUT2D eigenvalue weighted by molar-refractivity contribution is 0.0878. The Hall–Kier alpha value is -2.82. The first-order valence-electron chi connectivity index (χ1n) is 10.6. The van der Waals surface area contributed by atoms with E-state index in [2.05, 4.69) is 84.3 Å². The van der Waals surface area contributed by atoms with Crippen molar-refractivity contribution in [2.24, 2.45) is 0 Å². The van der Waals surface area contributed by atoms with Crippen LogP contribution in [-0.4, -0.2) is 23.3 Å². The van der Waals surface area contributed by atoms with Crippen molar-refractivity contribution < 1.29 is 9.47 Å². The summed E-state index contributed by atoms with van der Waals surface area (Å²) in [7, 11) is 0. The van der Waals surface area contributed by atoms with Gasteiger partial charge >= 0.3 is 0 Å². The fraction of sp³-hybridized carbons (Fsp3) is 0.308. The number of hydrogen-bond acceptors (Lipinski definition) is 4. The molecule has 3 aromatic rings. The highest BCUT2D eigenvalue weighted by molar-refractivity contribution is 5.39. The standard InChI is InChI=1S/C26H28N2O2/c1-19-3-9-25-23(11-19)15-27(17-29-25)13-21-5-7-22(8-6-21)14-28-16-24-12-20(2)4-10-26(24)30-18-28/h3-12H,13-18H2,1-2H3. The van der Waals surface area contributed by atoms with Crippen LogP contribution in [0.1, 0.15) is 33.4 Å². The Labute approximate surface area is 178 Å². The molecule has 2 aliphatic rings. The van der Waals surface area contributed by atoms with Crippen LogP contribution in [0.25, 0.3) is 0 Å². The maximum absolute atomic E-state index is 5.93. The van der Waals surface area contributed by atoms with Crippen molar-refractivity contribution in [1.29, 1.82) is 0 Å². The fourth-order valence-electron chi connectivity index (χ4n) is 4.31. The zero-order chi connectivity index (χ0) is 20.5. The van der Waals surface area contributed by atoms with E-state index in [1.54, 1.807) is 0 Å². The van der Waals surface area contributed by atoms with Crippen LogP contribution in [-0.2, 0) is 26.2 Å². The van der Waals surface area contributed by atoms with Crippen molar-refractivity contribution in [3.63, 3.8) is 0 Å². The number of benzene rings is 3. The molecule has 0 spiro atoms. The Morgan fingerprint density at radius 2 is 1.07 bits per heavy atom. The third-order valence-electron chi connectivity index (χ3n) is 5.86. The fourth-order valence-corrected chi connectivity index (χ4v) is 4.31. The molecule has 0 bridgehead atoms. The van der Waals surface area contributed by atoms with E-state index in [0.29, 0.717) is 13.5 Å². The molecule has 0 N–H and O–H groups in total. The van der Waals surface area contributed by atoms with E-state index in [4.69, 9.17) is 9.47 Å².